The maximum Gasteiger partial charge on any atom is 0.297 e. The van der Waals surface area contributed by atoms with E-state index >= 15 is 0 Å². The lowest BCUT2D eigenvalue weighted by atomic mass is 10.1. The number of rotatable bonds is 6. The third-order valence-electron chi connectivity index (χ3n) is 2.89. The van der Waals surface area contributed by atoms with Crippen LogP contribution in [0.25, 0.3) is 0 Å². The van der Waals surface area contributed by atoms with E-state index in [-0.39, 0.29) is 4.90 Å². The van der Waals surface area contributed by atoms with E-state index in [1.807, 2.05) is 0 Å². The highest BCUT2D eigenvalue weighted by Gasteiger charge is 2.17. The average Bonchev–Trinajstić information content (AvgIpc) is 2.53. The van der Waals surface area contributed by atoms with Gasteiger partial charge in [0.25, 0.3) is 10.1 Å². The molecule has 2 aromatic rings. The van der Waals surface area contributed by atoms with Crippen LogP contribution in [0.3, 0.4) is 0 Å². The Morgan fingerprint density at radius 3 is 2.19 bits per heavy atom. The van der Waals surface area contributed by atoms with E-state index in [1.165, 1.54) is 12.1 Å². The summed E-state index contributed by atoms with van der Waals surface area (Å²) in [4.78, 5) is 11.8. The molecule has 21 heavy (non-hydrogen) atoms. The van der Waals surface area contributed by atoms with Crippen molar-refractivity contribution in [3.05, 3.63) is 65.7 Å². The van der Waals surface area contributed by atoms with E-state index in [1.54, 1.807) is 42.5 Å². The van der Waals surface area contributed by atoms with E-state index in [2.05, 4.69) is 0 Å². The van der Waals surface area contributed by atoms with Gasteiger partial charge in [0.2, 0.25) is 0 Å². The molecule has 0 saturated carbocycles. The molecular formula is C15H15NO4S. The number of hydrogen-bond donors (Lipinski definition) is 1. The predicted molar refractivity (Wildman–Crippen MR) is 78.2 cm³/mol. The van der Waals surface area contributed by atoms with Crippen LogP contribution in [0.15, 0.2) is 59.5 Å². The Kier molecular flexibility index (Phi) is 4.85. The summed E-state index contributed by atoms with van der Waals surface area (Å²) in [5.74, 6) is -0.391. The molecule has 0 unspecified atom stereocenters. The van der Waals surface area contributed by atoms with Crippen molar-refractivity contribution in [2.24, 2.45) is 5.73 Å². The summed E-state index contributed by atoms with van der Waals surface area (Å²) in [5, 5.41) is 0. The summed E-state index contributed by atoms with van der Waals surface area (Å²) >= 11 is 0. The Bertz CT molecular complexity index is 709. The van der Waals surface area contributed by atoms with Crippen molar-refractivity contribution >= 4 is 15.9 Å². The second kappa shape index (κ2) is 6.62. The third kappa shape index (κ3) is 3.98. The van der Waals surface area contributed by atoms with Crippen molar-refractivity contribution in [2.75, 3.05) is 6.61 Å². The molecule has 0 heterocycles. The molecular weight excluding hydrogens is 290 g/mol. The summed E-state index contributed by atoms with van der Waals surface area (Å²) < 4.78 is 28.7. The quantitative estimate of drug-likeness (QED) is 0.649. The molecule has 0 saturated heterocycles. The van der Waals surface area contributed by atoms with E-state index in [9.17, 15) is 13.2 Å². The molecule has 2 N–H and O–H groups in total. The van der Waals surface area contributed by atoms with Gasteiger partial charge in [-0.1, -0.05) is 42.5 Å². The molecule has 5 nitrogen and oxygen atoms in total. The number of ketones is 1. The summed E-state index contributed by atoms with van der Waals surface area (Å²) in [5.41, 5.74) is 6.67. The van der Waals surface area contributed by atoms with E-state index < -0.39 is 22.5 Å². The molecule has 2 aromatic carbocycles. The fourth-order valence-corrected chi connectivity index (χ4v) is 2.57. The van der Waals surface area contributed by atoms with Gasteiger partial charge in [0.1, 0.15) is 6.61 Å². The molecule has 0 atom stereocenters. The molecule has 0 aliphatic rings. The van der Waals surface area contributed by atoms with Crippen LogP contribution in [-0.2, 0) is 20.8 Å². The number of carbonyl (C=O) groups is 1. The first-order chi connectivity index (χ1) is 10.0. The standard InChI is InChI=1S/C15H15NO4S/c16-10-12-6-8-14(9-7-12)21(18,19)20-11-15(17)13-4-2-1-3-5-13/h1-9H,10-11,16H2. The molecule has 0 radical (unpaired) electrons. The van der Waals surface area contributed by atoms with Crippen molar-refractivity contribution in [3.63, 3.8) is 0 Å². The number of benzene rings is 2. The van der Waals surface area contributed by atoms with Crippen LogP contribution in [0.5, 0.6) is 0 Å². The molecule has 0 aliphatic carbocycles. The molecule has 6 heteroatoms. The molecule has 0 amide bonds. The SMILES string of the molecule is NCc1ccc(S(=O)(=O)OCC(=O)c2ccccc2)cc1. The molecule has 0 bridgehead atoms. The first kappa shape index (κ1) is 15.4. The minimum Gasteiger partial charge on any atom is -0.326 e. The summed E-state index contributed by atoms with van der Waals surface area (Å²) in [6.45, 7) is -0.196. The molecule has 2 rings (SSSR count). The van der Waals surface area contributed by atoms with Gasteiger partial charge in [0, 0.05) is 12.1 Å². The van der Waals surface area contributed by atoms with Gasteiger partial charge in [-0.2, -0.15) is 8.42 Å². The van der Waals surface area contributed by atoms with Crippen LogP contribution in [-0.4, -0.2) is 20.8 Å². The zero-order chi connectivity index (χ0) is 15.3. The molecule has 110 valence electrons. The highest BCUT2D eigenvalue weighted by molar-refractivity contribution is 7.86. The lowest BCUT2D eigenvalue weighted by molar-refractivity contribution is 0.0924. The highest BCUT2D eigenvalue weighted by atomic mass is 32.2. The van der Waals surface area contributed by atoms with Crippen molar-refractivity contribution in [1.82, 2.24) is 0 Å². The van der Waals surface area contributed by atoms with Crippen LogP contribution in [0, 0.1) is 0 Å². The van der Waals surface area contributed by atoms with E-state index in [4.69, 9.17) is 9.92 Å². The third-order valence-corrected chi connectivity index (χ3v) is 4.17. The summed E-state index contributed by atoms with van der Waals surface area (Å²) in [7, 11) is -3.95. The van der Waals surface area contributed by atoms with Crippen molar-refractivity contribution < 1.29 is 17.4 Å². The van der Waals surface area contributed by atoms with Gasteiger partial charge in [0.15, 0.2) is 5.78 Å². The maximum atomic E-state index is 12.0. The Morgan fingerprint density at radius 2 is 1.62 bits per heavy atom. The normalized spacial score (nSPS) is 11.3. The van der Waals surface area contributed by atoms with Gasteiger partial charge in [-0.05, 0) is 17.7 Å². The fraction of sp³-hybridized carbons (Fsp3) is 0.133. The number of carbonyl (C=O) groups excluding carboxylic acids is 1. The Balaban J connectivity index is 2.05. The molecule has 0 aromatic heterocycles. The van der Waals surface area contributed by atoms with Crippen LogP contribution in [0.1, 0.15) is 15.9 Å². The van der Waals surface area contributed by atoms with Gasteiger partial charge < -0.3 is 5.73 Å². The van der Waals surface area contributed by atoms with Gasteiger partial charge in [-0.15, -0.1) is 0 Å². The number of nitrogens with two attached hydrogens (primary N) is 1. The first-order valence-corrected chi connectivity index (χ1v) is 7.70. The second-order valence-corrected chi connectivity index (χ2v) is 5.97. The van der Waals surface area contributed by atoms with Crippen molar-refractivity contribution in [2.45, 2.75) is 11.4 Å². The van der Waals surface area contributed by atoms with Crippen LogP contribution in [0.2, 0.25) is 0 Å². The van der Waals surface area contributed by atoms with Crippen LogP contribution < -0.4 is 5.73 Å². The van der Waals surface area contributed by atoms with Crippen molar-refractivity contribution in [1.29, 1.82) is 0 Å². The van der Waals surface area contributed by atoms with Crippen molar-refractivity contribution in [3.8, 4) is 0 Å². The van der Waals surface area contributed by atoms with E-state index in [0.29, 0.717) is 12.1 Å². The average molecular weight is 305 g/mol. The minimum atomic E-state index is -3.95. The second-order valence-electron chi connectivity index (χ2n) is 4.35. The van der Waals surface area contributed by atoms with Crippen LogP contribution in [0.4, 0.5) is 0 Å². The lowest BCUT2D eigenvalue weighted by Crippen LogP contribution is -2.14. The van der Waals surface area contributed by atoms with Gasteiger partial charge in [0.05, 0.1) is 4.90 Å². The maximum absolute atomic E-state index is 12.0. The van der Waals surface area contributed by atoms with E-state index in [0.717, 1.165) is 5.56 Å². The van der Waals surface area contributed by atoms with Gasteiger partial charge >= 0.3 is 0 Å². The Morgan fingerprint density at radius 1 is 1.00 bits per heavy atom. The Hall–Kier alpha value is -2.02. The zero-order valence-corrected chi connectivity index (χ0v) is 12.0. The lowest BCUT2D eigenvalue weighted by Gasteiger charge is -2.06. The molecule has 0 aliphatic heterocycles. The Labute approximate surface area is 123 Å². The van der Waals surface area contributed by atoms with Crippen LogP contribution >= 0.6 is 0 Å². The minimum absolute atomic E-state index is 0.000520. The monoisotopic (exact) mass is 305 g/mol. The topological polar surface area (TPSA) is 86.5 Å². The molecule has 0 fully saturated rings. The van der Waals surface area contributed by atoms with Gasteiger partial charge in [-0.3, -0.25) is 8.98 Å². The number of hydrogen-bond acceptors (Lipinski definition) is 5. The number of Topliss-reactive ketones (excluding diaryl/α,β-unsaturated/α-hetero) is 1. The predicted octanol–water partition coefficient (Wildman–Crippen LogP) is 1.73. The smallest absolute Gasteiger partial charge is 0.297 e. The first-order valence-electron chi connectivity index (χ1n) is 6.29. The fourth-order valence-electron chi connectivity index (χ4n) is 1.70. The molecule has 0 spiro atoms. The zero-order valence-electron chi connectivity index (χ0n) is 11.2. The highest BCUT2D eigenvalue weighted by Crippen LogP contribution is 2.14. The largest absolute Gasteiger partial charge is 0.326 e. The summed E-state index contributed by atoms with van der Waals surface area (Å²) in [6, 6.07) is 14.4. The van der Waals surface area contributed by atoms with Gasteiger partial charge in [-0.25, -0.2) is 0 Å². The summed E-state index contributed by atoms with van der Waals surface area (Å²) in [6.07, 6.45) is 0.